The fraction of sp³-hybridized carbons (Fsp3) is 0.0714. The lowest BCUT2D eigenvalue weighted by atomic mass is 10.1. The van der Waals surface area contributed by atoms with Gasteiger partial charge in [-0.15, -0.1) is 11.6 Å². The topological polar surface area (TPSA) is 32.9 Å². The standard InChI is InChI=1S/C14H10ClNO/c15-8-9-4-3-7-12-13(9)14(17)10-5-1-2-6-11(10)16-12/h1-7H,8H2,(H,16,17). The van der Waals surface area contributed by atoms with Gasteiger partial charge in [0.2, 0.25) is 0 Å². The van der Waals surface area contributed by atoms with E-state index in [1.165, 1.54) is 0 Å². The highest BCUT2D eigenvalue weighted by molar-refractivity contribution is 6.18. The normalized spacial score (nSPS) is 11.1. The number of alkyl halides is 1. The van der Waals surface area contributed by atoms with E-state index in [-0.39, 0.29) is 5.43 Å². The van der Waals surface area contributed by atoms with Crippen molar-refractivity contribution >= 4 is 33.4 Å². The van der Waals surface area contributed by atoms with Crippen LogP contribution < -0.4 is 5.43 Å². The van der Waals surface area contributed by atoms with Crippen LogP contribution in [0.4, 0.5) is 0 Å². The van der Waals surface area contributed by atoms with Crippen LogP contribution >= 0.6 is 11.6 Å². The summed E-state index contributed by atoms with van der Waals surface area (Å²) in [5, 5.41) is 1.40. The summed E-state index contributed by atoms with van der Waals surface area (Å²) >= 11 is 5.88. The zero-order valence-electron chi connectivity index (χ0n) is 9.03. The Morgan fingerprint density at radius 2 is 1.76 bits per heavy atom. The number of aromatic nitrogens is 1. The van der Waals surface area contributed by atoms with Gasteiger partial charge in [0.25, 0.3) is 0 Å². The summed E-state index contributed by atoms with van der Waals surface area (Å²) < 4.78 is 0. The van der Waals surface area contributed by atoms with Crippen LogP contribution in [0.15, 0.2) is 47.3 Å². The molecule has 0 spiro atoms. The first kappa shape index (κ1) is 10.4. The fourth-order valence-corrected chi connectivity index (χ4v) is 2.38. The van der Waals surface area contributed by atoms with Gasteiger partial charge in [-0.2, -0.15) is 0 Å². The van der Waals surface area contributed by atoms with Crippen molar-refractivity contribution in [2.75, 3.05) is 0 Å². The minimum absolute atomic E-state index is 0.0469. The van der Waals surface area contributed by atoms with E-state index in [0.717, 1.165) is 16.6 Å². The molecule has 3 rings (SSSR count). The monoisotopic (exact) mass is 243 g/mol. The molecule has 2 nitrogen and oxygen atoms in total. The second-order valence-electron chi connectivity index (χ2n) is 3.97. The van der Waals surface area contributed by atoms with Gasteiger partial charge in [0.05, 0.1) is 10.9 Å². The first-order chi connectivity index (χ1) is 8.31. The van der Waals surface area contributed by atoms with Crippen LogP contribution in [0, 0.1) is 0 Å². The van der Waals surface area contributed by atoms with Gasteiger partial charge in [-0.05, 0) is 23.8 Å². The molecule has 0 aliphatic carbocycles. The summed E-state index contributed by atoms with van der Waals surface area (Å²) in [5.41, 5.74) is 2.62. The maximum absolute atomic E-state index is 12.4. The van der Waals surface area contributed by atoms with Crippen LogP contribution in [0.5, 0.6) is 0 Å². The first-order valence-corrected chi connectivity index (χ1v) is 5.93. The van der Waals surface area contributed by atoms with Crippen molar-refractivity contribution in [3.05, 3.63) is 58.3 Å². The molecule has 0 atom stereocenters. The third-order valence-electron chi connectivity index (χ3n) is 2.96. The van der Waals surface area contributed by atoms with Crippen LogP contribution in [-0.2, 0) is 5.88 Å². The highest BCUT2D eigenvalue weighted by Crippen LogP contribution is 2.19. The molecule has 0 amide bonds. The molecule has 2 aromatic carbocycles. The Morgan fingerprint density at radius 1 is 1.00 bits per heavy atom. The molecule has 0 aliphatic rings. The Morgan fingerprint density at radius 3 is 2.59 bits per heavy atom. The summed E-state index contributed by atoms with van der Waals surface area (Å²) in [5.74, 6) is 0.346. The number of benzene rings is 2. The lowest BCUT2D eigenvalue weighted by Crippen LogP contribution is -2.06. The SMILES string of the molecule is O=c1c2ccccc2[nH]c2cccc(CCl)c12. The number of aromatic amines is 1. The molecule has 1 aromatic heterocycles. The van der Waals surface area contributed by atoms with Crippen molar-refractivity contribution < 1.29 is 0 Å². The molecule has 0 saturated carbocycles. The number of hydrogen-bond acceptors (Lipinski definition) is 1. The molecule has 3 aromatic rings. The van der Waals surface area contributed by atoms with E-state index in [9.17, 15) is 4.79 Å². The van der Waals surface area contributed by atoms with E-state index >= 15 is 0 Å². The van der Waals surface area contributed by atoms with E-state index in [1.807, 2.05) is 42.5 Å². The van der Waals surface area contributed by atoms with Crippen molar-refractivity contribution in [3.8, 4) is 0 Å². The van der Waals surface area contributed by atoms with Crippen LogP contribution in [0.3, 0.4) is 0 Å². The third-order valence-corrected chi connectivity index (χ3v) is 3.25. The molecule has 0 fully saturated rings. The zero-order chi connectivity index (χ0) is 11.8. The van der Waals surface area contributed by atoms with Crippen LogP contribution in [0.2, 0.25) is 0 Å². The molecule has 1 N–H and O–H groups in total. The second-order valence-corrected chi connectivity index (χ2v) is 4.24. The maximum Gasteiger partial charge on any atom is 0.197 e. The lowest BCUT2D eigenvalue weighted by molar-refractivity contribution is 1.40. The molecule has 0 bridgehead atoms. The van der Waals surface area contributed by atoms with Gasteiger partial charge in [0, 0.05) is 16.8 Å². The fourth-order valence-electron chi connectivity index (χ4n) is 2.15. The van der Waals surface area contributed by atoms with Gasteiger partial charge in [0.1, 0.15) is 0 Å². The number of rotatable bonds is 1. The van der Waals surface area contributed by atoms with E-state index in [1.54, 1.807) is 0 Å². The average molecular weight is 244 g/mol. The minimum atomic E-state index is 0.0469. The lowest BCUT2D eigenvalue weighted by Gasteiger charge is -2.05. The van der Waals surface area contributed by atoms with Crippen molar-refractivity contribution in [2.24, 2.45) is 0 Å². The van der Waals surface area contributed by atoms with E-state index in [2.05, 4.69) is 4.98 Å². The van der Waals surface area contributed by atoms with Crippen LogP contribution in [0.1, 0.15) is 5.56 Å². The average Bonchev–Trinajstić information content (AvgIpc) is 2.38. The Balaban J connectivity index is 2.60. The molecule has 3 heteroatoms. The number of halogens is 1. The minimum Gasteiger partial charge on any atom is -0.354 e. The Labute approximate surface area is 103 Å². The summed E-state index contributed by atoms with van der Waals surface area (Å²) in [6, 6.07) is 13.2. The van der Waals surface area contributed by atoms with Gasteiger partial charge in [-0.25, -0.2) is 0 Å². The van der Waals surface area contributed by atoms with Gasteiger partial charge < -0.3 is 4.98 Å². The smallest absolute Gasteiger partial charge is 0.197 e. The molecule has 0 radical (unpaired) electrons. The predicted octanol–water partition coefficient (Wildman–Crippen LogP) is 3.42. The summed E-state index contributed by atoms with van der Waals surface area (Å²) in [6.45, 7) is 0. The third kappa shape index (κ3) is 1.53. The van der Waals surface area contributed by atoms with Crippen LogP contribution in [0.25, 0.3) is 21.8 Å². The number of H-pyrrole nitrogens is 1. The number of pyridine rings is 1. The highest BCUT2D eigenvalue weighted by atomic mass is 35.5. The molecule has 84 valence electrons. The molecular formula is C14H10ClNO. The number of hydrogen-bond donors (Lipinski definition) is 1. The molecule has 1 heterocycles. The summed E-state index contributed by atoms with van der Waals surface area (Å²) in [4.78, 5) is 15.7. The number of fused-ring (bicyclic) bond motifs is 2. The molecule has 0 aliphatic heterocycles. The Bertz CT molecular complexity index is 761. The predicted molar refractivity (Wildman–Crippen MR) is 71.6 cm³/mol. The van der Waals surface area contributed by atoms with E-state index in [4.69, 9.17) is 11.6 Å². The molecule has 0 saturated heterocycles. The number of nitrogens with one attached hydrogen (secondary N) is 1. The van der Waals surface area contributed by atoms with Gasteiger partial charge in [-0.3, -0.25) is 4.79 Å². The van der Waals surface area contributed by atoms with Crippen molar-refractivity contribution in [2.45, 2.75) is 5.88 Å². The van der Waals surface area contributed by atoms with Crippen molar-refractivity contribution in [3.63, 3.8) is 0 Å². The molecule has 17 heavy (non-hydrogen) atoms. The summed E-state index contributed by atoms with van der Waals surface area (Å²) in [7, 11) is 0. The van der Waals surface area contributed by atoms with Gasteiger partial charge in [0.15, 0.2) is 5.43 Å². The molecule has 0 unspecified atom stereocenters. The Hall–Kier alpha value is -1.80. The van der Waals surface area contributed by atoms with E-state index in [0.29, 0.717) is 16.7 Å². The van der Waals surface area contributed by atoms with E-state index < -0.39 is 0 Å². The number of para-hydroxylation sites is 1. The molecular weight excluding hydrogens is 234 g/mol. The largest absolute Gasteiger partial charge is 0.354 e. The van der Waals surface area contributed by atoms with Crippen molar-refractivity contribution in [1.82, 2.24) is 4.98 Å². The first-order valence-electron chi connectivity index (χ1n) is 5.40. The zero-order valence-corrected chi connectivity index (χ0v) is 9.79. The quantitative estimate of drug-likeness (QED) is 0.516. The highest BCUT2D eigenvalue weighted by Gasteiger charge is 2.07. The maximum atomic E-state index is 12.4. The Kier molecular flexibility index (Phi) is 2.37. The van der Waals surface area contributed by atoms with Crippen molar-refractivity contribution in [1.29, 1.82) is 0 Å². The summed E-state index contributed by atoms with van der Waals surface area (Å²) in [6.07, 6.45) is 0. The van der Waals surface area contributed by atoms with Gasteiger partial charge >= 0.3 is 0 Å². The van der Waals surface area contributed by atoms with Crippen LogP contribution in [-0.4, -0.2) is 4.98 Å². The second kappa shape index (κ2) is 3.90. The van der Waals surface area contributed by atoms with Gasteiger partial charge in [-0.1, -0.05) is 24.3 Å².